The average Bonchev–Trinajstić information content (AvgIpc) is 2.24. The lowest BCUT2D eigenvalue weighted by Crippen LogP contribution is -2.13. The molecule has 0 fully saturated rings. The fourth-order valence-electron chi connectivity index (χ4n) is 1.41. The first-order valence-electron chi connectivity index (χ1n) is 4.94. The average molecular weight is 261 g/mol. The van der Waals surface area contributed by atoms with Gasteiger partial charge in [-0.25, -0.2) is 0 Å². The number of carbonyl (C=O) groups is 2. The van der Waals surface area contributed by atoms with Gasteiger partial charge in [0, 0.05) is 12.0 Å². The third-order valence-corrected chi connectivity index (χ3v) is 2.28. The smallest absolute Gasteiger partial charge is 0.418 e. The van der Waals surface area contributed by atoms with Crippen LogP contribution in [0.3, 0.4) is 0 Å². The molecule has 0 unspecified atom stereocenters. The highest BCUT2D eigenvalue weighted by Crippen LogP contribution is 2.35. The lowest BCUT2D eigenvalue weighted by molar-refractivity contribution is -0.137. The lowest BCUT2D eigenvalue weighted by atomic mass is 10.0. The maximum atomic E-state index is 12.5. The van der Waals surface area contributed by atoms with Gasteiger partial charge in [-0.1, -0.05) is 6.07 Å². The summed E-state index contributed by atoms with van der Waals surface area (Å²) >= 11 is 0. The Morgan fingerprint density at radius 1 is 1.22 bits per heavy atom. The van der Waals surface area contributed by atoms with Gasteiger partial charge in [0.2, 0.25) is 0 Å². The third-order valence-electron chi connectivity index (χ3n) is 2.28. The van der Waals surface area contributed by atoms with E-state index >= 15 is 0 Å². The molecular formula is C11H10F3NO3. The Morgan fingerprint density at radius 3 is 2.33 bits per heavy atom. The Kier molecular flexibility index (Phi) is 3.95. The maximum absolute atomic E-state index is 12.5. The number of rotatable bonds is 4. The molecule has 1 aromatic rings. The van der Waals surface area contributed by atoms with Gasteiger partial charge in [-0.15, -0.1) is 0 Å². The van der Waals surface area contributed by atoms with Gasteiger partial charge in [0.05, 0.1) is 17.7 Å². The van der Waals surface area contributed by atoms with Crippen molar-refractivity contribution in [3.63, 3.8) is 0 Å². The highest BCUT2D eigenvalue weighted by Gasteiger charge is 2.34. The molecule has 18 heavy (non-hydrogen) atoms. The van der Waals surface area contributed by atoms with Gasteiger partial charge in [0.1, 0.15) is 0 Å². The molecular weight excluding hydrogens is 251 g/mol. The number of aliphatic carboxylic acids is 1. The van der Waals surface area contributed by atoms with Gasteiger partial charge in [-0.3, -0.25) is 9.59 Å². The standard InChI is InChI=1S/C11H10F3NO3/c12-11(13,14)7-3-1-2-6(10(7)15)8(16)4-5-9(17)18/h1-3H,4-5,15H2,(H,17,18). The van der Waals surface area contributed by atoms with E-state index in [1.54, 1.807) is 0 Å². The number of hydrogen-bond donors (Lipinski definition) is 2. The molecule has 1 aromatic carbocycles. The van der Waals surface area contributed by atoms with E-state index < -0.39 is 35.6 Å². The highest BCUT2D eigenvalue weighted by molar-refractivity contribution is 6.02. The number of nitrogen functional groups attached to an aromatic ring is 1. The number of nitrogens with two attached hydrogens (primary N) is 1. The number of carbonyl (C=O) groups excluding carboxylic acids is 1. The van der Waals surface area contributed by atoms with Gasteiger partial charge in [0.25, 0.3) is 0 Å². The fraction of sp³-hybridized carbons (Fsp3) is 0.273. The van der Waals surface area contributed by atoms with Crippen LogP contribution >= 0.6 is 0 Å². The van der Waals surface area contributed by atoms with Crippen molar-refractivity contribution in [2.45, 2.75) is 19.0 Å². The van der Waals surface area contributed by atoms with E-state index in [-0.39, 0.29) is 12.0 Å². The molecule has 0 atom stereocenters. The predicted octanol–water partition coefficient (Wildman–Crippen LogP) is 2.34. The number of benzene rings is 1. The first-order valence-corrected chi connectivity index (χ1v) is 4.94. The number of ketones is 1. The molecule has 7 heteroatoms. The Hall–Kier alpha value is -2.05. The SMILES string of the molecule is Nc1c(C(=O)CCC(=O)O)cccc1C(F)(F)F. The molecule has 0 saturated carbocycles. The summed E-state index contributed by atoms with van der Waals surface area (Å²) in [6.07, 6.45) is -5.48. The summed E-state index contributed by atoms with van der Waals surface area (Å²) in [5.41, 5.74) is 3.23. The van der Waals surface area contributed by atoms with Gasteiger partial charge >= 0.3 is 12.1 Å². The zero-order chi connectivity index (χ0) is 13.9. The molecule has 3 N–H and O–H groups in total. The Bertz CT molecular complexity index is 483. The van der Waals surface area contributed by atoms with Gasteiger partial charge < -0.3 is 10.8 Å². The number of hydrogen-bond acceptors (Lipinski definition) is 3. The largest absolute Gasteiger partial charge is 0.481 e. The second-order valence-corrected chi connectivity index (χ2v) is 3.58. The predicted molar refractivity (Wildman–Crippen MR) is 57.1 cm³/mol. The Labute approximate surface area is 100 Å². The van der Waals surface area contributed by atoms with E-state index in [2.05, 4.69) is 0 Å². The summed E-state index contributed by atoms with van der Waals surface area (Å²) in [4.78, 5) is 21.8. The van der Waals surface area contributed by atoms with Crippen molar-refractivity contribution in [3.05, 3.63) is 29.3 Å². The van der Waals surface area contributed by atoms with E-state index in [0.717, 1.165) is 18.2 Å². The molecule has 98 valence electrons. The number of halogens is 3. The second-order valence-electron chi connectivity index (χ2n) is 3.58. The minimum absolute atomic E-state index is 0.300. The summed E-state index contributed by atoms with van der Waals surface area (Å²) in [7, 11) is 0. The molecule has 0 spiro atoms. The van der Waals surface area contributed by atoms with Crippen LogP contribution in [-0.4, -0.2) is 16.9 Å². The molecule has 0 heterocycles. The normalized spacial score (nSPS) is 11.3. The minimum atomic E-state index is -4.65. The van der Waals surface area contributed by atoms with E-state index in [9.17, 15) is 22.8 Å². The van der Waals surface area contributed by atoms with Gasteiger partial charge in [0.15, 0.2) is 5.78 Å². The summed E-state index contributed by atoms with van der Waals surface area (Å²) in [6, 6.07) is 2.98. The van der Waals surface area contributed by atoms with Gasteiger partial charge in [-0.2, -0.15) is 13.2 Å². The van der Waals surface area contributed by atoms with Crippen LogP contribution < -0.4 is 5.73 Å². The third kappa shape index (κ3) is 3.22. The van der Waals surface area contributed by atoms with Crippen molar-refractivity contribution >= 4 is 17.4 Å². The van der Waals surface area contributed by atoms with Gasteiger partial charge in [-0.05, 0) is 12.1 Å². The number of Topliss-reactive ketones (excluding diaryl/α,β-unsaturated/α-hetero) is 1. The van der Waals surface area contributed by atoms with E-state index in [1.165, 1.54) is 0 Å². The number of carboxylic acids is 1. The zero-order valence-corrected chi connectivity index (χ0v) is 9.12. The topological polar surface area (TPSA) is 80.4 Å². The lowest BCUT2D eigenvalue weighted by Gasteiger charge is -2.12. The summed E-state index contributed by atoms with van der Waals surface area (Å²) in [5, 5.41) is 8.40. The van der Waals surface area contributed by atoms with Crippen molar-refractivity contribution in [2.24, 2.45) is 0 Å². The molecule has 0 aliphatic carbocycles. The fourth-order valence-corrected chi connectivity index (χ4v) is 1.41. The Morgan fingerprint density at radius 2 is 1.83 bits per heavy atom. The van der Waals surface area contributed by atoms with Crippen LogP contribution in [0.2, 0.25) is 0 Å². The van der Waals surface area contributed by atoms with Crippen LogP contribution in [0.5, 0.6) is 0 Å². The zero-order valence-electron chi connectivity index (χ0n) is 9.12. The maximum Gasteiger partial charge on any atom is 0.418 e. The Balaban J connectivity index is 3.04. The van der Waals surface area contributed by atoms with Crippen LogP contribution in [0.4, 0.5) is 18.9 Å². The van der Waals surface area contributed by atoms with Crippen LogP contribution in [0.1, 0.15) is 28.8 Å². The number of alkyl halides is 3. The first kappa shape index (κ1) is 14.0. The van der Waals surface area contributed by atoms with Crippen LogP contribution in [0.25, 0.3) is 0 Å². The van der Waals surface area contributed by atoms with E-state index in [0.29, 0.717) is 0 Å². The first-order chi connectivity index (χ1) is 8.23. The van der Waals surface area contributed by atoms with E-state index in [1.807, 2.05) is 0 Å². The highest BCUT2D eigenvalue weighted by atomic mass is 19.4. The minimum Gasteiger partial charge on any atom is -0.481 e. The van der Waals surface area contributed by atoms with Crippen LogP contribution in [0.15, 0.2) is 18.2 Å². The van der Waals surface area contributed by atoms with Crippen molar-refractivity contribution in [3.8, 4) is 0 Å². The van der Waals surface area contributed by atoms with E-state index in [4.69, 9.17) is 10.8 Å². The molecule has 1 rings (SSSR count). The summed E-state index contributed by atoms with van der Waals surface area (Å²) in [6.45, 7) is 0. The molecule has 0 aromatic heterocycles. The molecule has 0 bridgehead atoms. The van der Waals surface area contributed by atoms with Crippen molar-refractivity contribution in [2.75, 3.05) is 5.73 Å². The molecule has 0 radical (unpaired) electrons. The summed E-state index contributed by atoms with van der Waals surface area (Å²) in [5.74, 6) is -1.92. The molecule has 0 aliphatic heterocycles. The number of anilines is 1. The van der Waals surface area contributed by atoms with Crippen molar-refractivity contribution in [1.82, 2.24) is 0 Å². The number of para-hydroxylation sites is 1. The molecule has 0 aliphatic rings. The van der Waals surface area contributed by atoms with Crippen molar-refractivity contribution in [1.29, 1.82) is 0 Å². The van der Waals surface area contributed by atoms with Crippen LogP contribution in [0, 0.1) is 0 Å². The molecule has 0 amide bonds. The summed E-state index contributed by atoms with van der Waals surface area (Å²) < 4.78 is 37.6. The number of carboxylic acid groups (broad SMARTS) is 1. The monoisotopic (exact) mass is 261 g/mol. The van der Waals surface area contributed by atoms with Crippen LogP contribution in [-0.2, 0) is 11.0 Å². The molecule has 4 nitrogen and oxygen atoms in total. The molecule has 0 saturated heterocycles. The van der Waals surface area contributed by atoms with Crippen molar-refractivity contribution < 1.29 is 27.9 Å². The second kappa shape index (κ2) is 5.07. The quantitative estimate of drug-likeness (QED) is 0.644.